The number of ether oxygens (including phenoxy) is 1. The van der Waals surface area contributed by atoms with Gasteiger partial charge in [0.1, 0.15) is 11.3 Å². The molecule has 3 amide bonds. The molecule has 1 saturated carbocycles. The molecule has 2 N–H and O–H groups in total. The third-order valence-corrected chi connectivity index (χ3v) is 6.49. The fourth-order valence-corrected chi connectivity index (χ4v) is 4.75. The van der Waals surface area contributed by atoms with Gasteiger partial charge in [-0.3, -0.25) is 4.79 Å². The molecular weight excluding hydrogens is 356 g/mol. The summed E-state index contributed by atoms with van der Waals surface area (Å²) in [5.74, 6) is 0.864. The lowest BCUT2D eigenvalue weighted by Gasteiger charge is -2.35. The molecule has 0 atom stereocenters. The Bertz CT molecular complexity index is 705. The molecule has 2 heterocycles. The molecule has 0 radical (unpaired) electrons. The van der Waals surface area contributed by atoms with Crippen molar-refractivity contribution in [1.82, 2.24) is 10.2 Å². The Kier molecular flexibility index (Phi) is 5.44. The molecule has 1 aromatic carbocycles. The van der Waals surface area contributed by atoms with Gasteiger partial charge < -0.3 is 19.9 Å². The number of quaternary nitrogens is 1. The van der Waals surface area contributed by atoms with Crippen molar-refractivity contribution in [2.75, 3.05) is 44.9 Å². The van der Waals surface area contributed by atoms with Crippen LogP contribution in [0.1, 0.15) is 38.5 Å². The van der Waals surface area contributed by atoms with Gasteiger partial charge in [-0.15, -0.1) is 0 Å². The van der Waals surface area contributed by atoms with Crippen LogP contribution in [0.2, 0.25) is 0 Å². The Hall–Kier alpha value is -2.28. The van der Waals surface area contributed by atoms with Gasteiger partial charge in [0.25, 0.3) is 5.91 Å². The smallest absolute Gasteiger partial charge is 0.329 e. The first-order chi connectivity index (χ1) is 13.6. The summed E-state index contributed by atoms with van der Waals surface area (Å²) < 4.78 is 5.23. The number of urea groups is 1. The Morgan fingerprint density at radius 1 is 1.04 bits per heavy atom. The van der Waals surface area contributed by atoms with Crippen LogP contribution in [0.5, 0.6) is 5.75 Å². The van der Waals surface area contributed by atoms with Crippen molar-refractivity contribution in [3.05, 3.63) is 24.3 Å². The number of anilines is 1. The van der Waals surface area contributed by atoms with E-state index >= 15 is 0 Å². The second-order valence-electron chi connectivity index (χ2n) is 8.25. The molecule has 28 heavy (non-hydrogen) atoms. The first-order valence-corrected chi connectivity index (χ1v) is 10.5. The lowest BCUT2D eigenvalue weighted by molar-refractivity contribution is -0.907. The molecule has 152 valence electrons. The number of carbonyl (C=O) groups excluding carboxylic acids is 2. The molecule has 2 saturated heterocycles. The molecule has 1 aliphatic carbocycles. The third-order valence-electron chi connectivity index (χ3n) is 6.49. The van der Waals surface area contributed by atoms with Gasteiger partial charge in [0.05, 0.1) is 33.3 Å². The standard InChI is InChI=1S/C21H30N4O3/c1-28-18-8-6-17(7-9-18)24-14-12-23(13-15-24)16-25-19(26)21(22-20(25)27)10-4-2-3-5-11-21/h6-9H,2-5,10-16H2,1H3,(H,22,27)/p+1. The number of hydrogen-bond donors (Lipinski definition) is 2. The molecular formula is C21H31N4O3+. The second-order valence-corrected chi connectivity index (χ2v) is 8.25. The number of benzene rings is 1. The quantitative estimate of drug-likeness (QED) is 0.757. The monoisotopic (exact) mass is 387 g/mol. The number of imide groups is 1. The average molecular weight is 388 g/mol. The predicted molar refractivity (Wildman–Crippen MR) is 107 cm³/mol. The van der Waals surface area contributed by atoms with E-state index in [4.69, 9.17) is 4.74 Å². The summed E-state index contributed by atoms with van der Waals surface area (Å²) in [5.41, 5.74) is 0.560. The van der Waals surface area contributed by atoms with Crippen LogP contribution in [0.15, 0.2) is 24.3 Å². The number of carbonyl (C=O) groups is 2. The number of nitrogens with zero attached hydrogens (tertiary/aromatic N) is 2. The fourth-order valence-electron chi connectivity index (χ4n) is 4.75. The molecule has 1 spiro atoms. The van der Waals surface area contributed by atoms with E-state index in [0.29, 0.717) is 6.67 Å². The fraction of sp³-hybridized carbons (Fsp3) is 0.619. The number of hydrogen-bond acceptors (Lipinski definition) is 4. The number of nitrogens with one attached hydrogen (secondary N) is 2. The van der Waals surface area contributed by atoms with E-state index in [1.807, 2.05) is 12.1 Å². The van der Waals surface area contributed by atoms with Gasteiger partial charge in [-0.2, -0.15) is 0 Å². The molecule has 7 nitrogen and oxygen atoms in total. The van der Waals surface area contributed by atoms with Gasteiger partial charge in [0.15, 0.2) is 6.67 Å². The highest BCUT2D eigenvalue weighted by atomic mass is 16.5. The van der Waals surface area contributed by atoms with E-state index in [9.17, 15) is 9.59 Å². The maximum Gasteiger partial charge on any atom is 0.329 e. The Morgan fingerprint density at radius 3 is 2.29 bits per heavy atom. The maximum atomic E-state index is 13.1. The van der Waals surface area contributed by atoms with Crippen molar-refractivity contribution in [1.29, 1.82) is 0 Å². The van der Waals surface area contributed by atoms with Crippen LogP contribution in [0.3, 0.4) is 0 Å². The summed E-state index contributed by atoms with van der Waals surface area (Å²) in [7, 11) is 1.67. The first-order valence-electron chi connectivity index (χ1n) is 10.5. The highest BCUT2D eigenvalue weighted by Gasteiger charge is 2.51. The molecule has 3 aliphatic rings. The highest BCUT2D eigenvalue weighted by Crippen LogP contribution is 2.32. The molecule has 7 heteroatoms. The topological polar surface area (TPSA) is 66.3 Å². The van der Waals surface area contributed by atoms with E-state index in [2.05, 4.69) is 22.3 Å². The maximum absolute atomic E-state index is 13.1. The van der Waals surface area contributed by atoms with Gasteiger partial charge in [-0.1, -0.05) is 25.7 Å². The van der Waals surface area contributed by atoms with E-state index in [0.717, 1.165) is 70.5 Å². The molecule has 3 fully saturated rings. The SMILES string of the molecule is COc1ccc(N2CC[NH+](CN3C(=O)NC4(CCCCCC4)C3=O)CC2)cc1. The lowest BCUT2D eigenvalue weighted by atomic mass is 9.90. The summed E-state index contributed by atoms with van der Waals surface area (Å²) in [6, 6.07) is 7.92. The van der Waals surface area contributed by atoms with Crippen molar-refractivity contribution in [3.8, 4) is 5.75 Å². The predicted octanol–water partition coefficient (Wildman–Crippen LogP) is 1.00. The van der Waals surface area contributed by atoms with E-state index in [-0.39, 0.29) is 11.9 Å². The summed E-state index contributed by atoms with van der Waals surface area (Å²) >= 11 is 0. The molecule has 0 unspecified atom stereocenters. The number of piperazine rings is 1. The molecule has 2 aliphatic heterocycles. The summed E-state index contributed by atoms with van der Waals surface area (Å²) in [5, 5.41) is 3.05. The van der Waals surface area contributed by atoms with E-state index in [1.165, 1.54) is 15.5 Å². The van der Waals surface area contributed by atoms with Gasteiger partial charge >= 0.3 is 6.03 Å². The van der Waals surface area contributed by atoms with Gasteiger partial charge in [0.2, 0.25) is 0 Å². The molecule has 1 aromatic rings. The number of methoxy groups -OCH3 is 1. The Labute approximate surface area is 166 Å². The zero-order chi connectivity index (χ0) is 19.6. The van der Waals surface area contributed by atoms with Crippen LogP contribution in [0, 0.1) is 0 Å². The molecule has 4 rings (SSSR count). The minimum absolute atomic E-state index is 0.00415. The van der Waals surface area contributed by atoms with E-state index in [1.54, 1.807) is 7.11 Å². The normalized spacial score (nSPS) is 23.0. The molecule has 0 bridgehead atoms. The zero-order valence-corrected chi connectivity index (χ0v) is 16.7. The van der Waals surface area contributed by atoms with Crippen LogP contribution in [-0.2, 0) is 4.79 Å². The van der Waals surface area contributed by atoms with Crippen molar-refractivity contribution >= 4 is 17.6 Å². The highest BCUT2D eigenvalue weighted by molar-refractivity contribution is 6.06. The first kappa shape index (κ1) is 19.1. The number of amides is 3. The van der Waals surface area contributed by atoms with Crippen LogP contribution in [0.25, 0.3) is 0 Å². The summed E-state index contributed by atoms with van der Waals surface area (Å²) in [6.45, 7) is 4.13. The van der Waals surface area contributed by atoms with Crippen LogP contribution < -0.4 is 19.9 Å². The zero-order valence-electron chi connectivity index (χ0n) is 16.7. The van der Waals surface area contributed by atoms with Crippen molar-refractivity contribution < 1.29 is 19.2 Å². The third kappa shape index (κ3) is 3.68. The number of rotatable bonds is 4. The van der Waals surface area contributed by atoms with Crippen molar-refractivity contribution in [2.45, 2.75) is 44.1 Å². The van der Waals surface area contributed by atoms with Gasteiger partial charge in [-0.25, -0.2) is 9.69 Å². The lowest BCUT2D eigenvalue weighted by Crippen LogP contribution is -3.16. The summed E-state index contributed by atoms with van der Waals surface area (Å²) in [4.78, 5) is 30.7. The van der Waals surface area contributed by atoms with Crippen molar-refractivity contribution in [2.24, 2.45) is 0 Å². The van der Waals surface area contributed by atoms with Crippen LogP contribution in [0.4, 0.5) is 10.5 Å². The minimum atomic E-state index is -0.627. The second kappa shape index (κ2) is 7.99. The van der Waals surface area contributed by atoms with Gasteiger partial charge in [-0.05, 0) is 37.1 Å². The van der Waals surface area contributed by atoms with Crippen LogP contribution >= 0.6 is 0 Å². The minimum Gasteiger partial charge on any atom is -0.497 e. The largest absolute Gasteiger partial charge is 0.497 e. The molecule has 0 aromatic heterocycles. The summed E-state index contributed by atoms with van der Waals surface area (Å²) in [6.07, 6.45) is 5.93. The Balaban J connectivity index is 1.34. The van der Waals surface area contributed by atoms with Crippen molar-refractivity contribution in [3.63, 3.8) is 0 Å². The Morgan fingerprint density at radius 2 is 1.68 bits per heavy atom. The van der Waals surface area contributed by atoms with Crippen LogP contribution in [-0.4, -0.2) is 62.3 Å². The average Bonchev–Trinajstić information content (AvgIpc) is 2.88. The van der Waals surface area contributed by atoms with E-state index < -0.39 is 5.54 Å². The van der Waals surface area contributed by atoms with Gasteiger partial charge in [0, 0.05) is 5.69 Å².